The van der Waals surface area contributed by atoms with Crippen molar-refractivity contribution in [1.82, 2.24) is 9.97 Å². The molecular formula is C12H11N3O2. The molecule has 0 spiro atoms. The molecule has 0 radical (unpaired) electrons. The topological polar surface area (TPSA) is 71.8 Å². The normalized spacial score (nSPS) is 15.8. The highest BCUT2D eigenvalue weighted by Crippen LogP contribution is 2.43. The second-order valence-electron chi connectivity index (χ2n) is 4.23. The highest BCUT2D eigenvalue weighted by Gasteiger charge is 2.28. The van der Waals surface area contributed by atoms with Crippen LogP contribution in [0.3, 0.4) is 0 Å². The van der Waals surface area contributed by atoms with Crippen molar-refractivity contribution < 1.29 is 4.92 Å². The molecule has 1 saturated carbocycles. The molecule has 2 aromatic heterocycles. The number of nitrogens with one attached hydrogen (secondary N) is 1. The maximum absolute atomic E-state index is 10.4. The van der Waals surface area contributed by atoms with Gasteiger partial charge in [-0.25, -0.2) is 4.98 Å². The molecule has 1 fully saturated rings. The van der Waals surface area contributed by atoms with Gasteiger partial charge in [0.1, 0.15) is 5.65 Å². The zero-order valence-corrected chi connectivity index (χ0v) is 9.09. The van der Waals surface area contributed by atoms with Crippen molar-refractivity contribution >= 4 is 17.1 Å². The third-order valence-electron chi connectivity index (χ3n) is 2.99. The summed E-state index contributed by atoms with van der Waals surface area (Å²) in [7, 11) is 0. The lowest BCUT2D eigenvalue weighted by Crippen LogP contribution is -1.85. The van der Waals surface area contributed by atoms with Gasteiger partial charge in [0.2, 0.25) is 6.20 Å². The monoisotopic (exact) mass is 229 g/mol. The number of hydrogen-bond acceptors (Lipinski definition) is 3. The molecule has 5 heteroatoms. The van der Waals surface area contributed by atoms with Crippen LogP contribution < -0.4 is 0 Å². The smallest absolute Gasteiger partial charge is 0.235 e. The summed E-state index contributed by atoms with van der Waals surface area (Å²) in [5.41, 5.74) is 2.79. The summed E-state index contributed by atoms with van der Waals surface area (Å²) in [5.74, 6) is 0.510. The Kier molecular flexibility index (Phi) is 2.18. The summed E-state index contributed by atoms with van der Waals surface area (Å²) in [6.07, 6.45) is 6.56. The Balaban J connectivity index is 2.17. The molecule has 5 nitrogen and oxygen atoms in total. The summed E-state index contributed by atoms with van der Waals surface area (Å²) in [6.45, 7) is 0. The quantitative estimate of drug-likeness (QED) is 0.649. The summed E-state index contributed by atoms with van der Waals surface area (Å²) < 4.78 is 0. The van der Waals surface area contributed by atoms with Crippen molar-refractivity contribution in [3.05, 3.63) is 45.9 Å². The van der Waals surface area contributed by atoms with Crippen molar-refractivity contribution in [3.8, 4) is 0 Å². The minimum Gasteiger partial charge on any atom is -0.342 e. The first-order valence-corrected chi connectivity index (χ1v) is 5.54. The summed E-state index contributed by atoms with van der Waals surface area (Å²) in [5, 5.41) is 11.4. The molecule has 0 unspecified atom stereocenters. The fourth-order valence-electron chi connectivity index (χ4n) is 2.07. The van der Waals surface area contributed by atoms with Crippen LogP contribution in [-0.2, 0) is 0 Å². The summed E-state index contributed by atoms with van der Waals surface area (Å²) in [4.78, 5) is 17.5. The Labute approximate surface area is 97.3 Å². The van der Waals surface area contributed by atoms with E-state index in [9.17, 15) is 10.1 Å². The van der Waals surface area contributed by atoms with Crippen molar-refractivity contribution in [1.29, 1.82) is 0 Å². The van der Waals surface area contributed by atoms with Gasteiger partial charge in [0, 0.05) is 28.9 Å². The van der Waals surface area contributed by atoms with Gasteiger partial charge in [-0.1, -0.05) is 0 Å². The molecule has 1 aliphatic carbocycles. The second-order valence-corrected chi connectivity index (χ2v) is 4.23. The predicted octanol–water partition coefficient (Wildman–Crippen LogP) is 2.69. The fourth-order valence-corrected chi connectivity index (χ4v) is 2.07. The van der Waals surface area contributed by atoms with Crippen LogP contribution in [0.4, 0.5) is 0 Å². The molecule has 3 rings (SSSR count). The van der Waals surface area contributed by atoms with Gasteiger partial charge in [-0.3, -0.25) is 10.1 Å². The van der Waals surface area contributed by atoms with E-state index in [1.807, 2.05) is 12.1 Å². The average molecular weight is 229 g/mol. The number of nitro groups is 1. The number of hydrogen-bond donors (Lipinski definition) is 1. The van der Waals surface area contributed by atoms with E-state index >= 15 is 0 Å². The van der Waals surface area contributed by atoms with E-state index in [1.165, 1.54) is 0 Å². The zero-order valence-electron chi connectivity index (χ0n) is 9.09. The molecule has 0 atom stereocenters. The Morgan fingerprint density at radius 1 is 1.53 bits per heavy atom. The number of H-pyrrole nitrogens is 1. The molecule has 17 heavy (non-hydrogen) atoms. The number of nitrogens with zero attached hydrogens (tertiary/aromatic N) is 2. The molecule has 0 saturated heterocycles. The van der Waals surface area contributed by atoms with Gasteiger partial charge >= 0.3 is 0 Å². The van der Waals surface area contributed by atoms with Crippen LogP contribution in [0.5, 0.6) is 0 Å². The molecule has 2 aromatic rings. The summed E-state index contributed by atoms with van der Waals surface area (Å²) in [6, 6.07) is 3.78. The lowest BCUT2D eigenvalue weighted by atomic mass is 10.1. The minimum absolute atomic E-state index is 0.439. The molecule has 0 bridgehead atoms. The molecule has 1 N–H and O–H groups in total. The van der Waals surface area contributed by atoms with Crippen molar-refractivity contribution in [2.75, 3.05) is 0 Å². The molecule has 0 aliphatic heterocycles. The van der Waals surface area contributed by atoms with E-state index in [1.54, 1.807) is 12.3 Å². The van der Waals surface area contributed by atoms with E-state index in [0.717, 1.165) is 41.3 Å². The van der Waals surface area contributed by atoms with Gasteiger partial charge in [0.15, 0.2) is 0 Å². The average Bonchev–Trinajstić information content (AvgIpc) is 3.08. The van der Waals surface area contributed by atoms with Crippen LogP contribution in [0, 0.1) is 10.1 Å². The molecule has 1 aliphatic rings. The van der Waals surface area contributed by atoms with Gasteiger partial charge in [0.25, 0.3) is 0 Å². The number of pyridine rings is 1. The first kappa shape index (κ1) is 10.0. The van der Waals surface area contributed by atoms with E-state index in [0.29, 0.717) is 5.92 Å². The minimum atomic E-state index is -0.439. The van der Waals surface area contributed by atoms with Gasteiger partial charge < -0.3 is 4.98 Å². The van der Waals surface area contributed by atoms with Crippen LogP contribution in [-0.4, -0.2) is 14.9 Å². The molecule has 86 valence electrons. The van der Waals surface area contributed by atoms with Crippen LogP contribution >= 0.6 is 0 Å². The number of aromatic amines is 1. The first-order valence-electron chi connectivity index (χ1n) is 5.54. The van der Waals surface area contributed by atoms with Crippen LogP contribution in [0.25, 0.3) is 17.1 Å². The van der Waals surface area contributed by atoms with Crippen LogP contribution in [0.1, 0.15) is 30.0 Å². The van der Waals surface area contributed by atoms with Gasteiger partial charge in [0.05, 0.1) is 4.92 Å². The Hall–Kier alpha value is -2.17. The fraction of sp³-hybridized carbons (Fsp3) is 0.250. The van der Waals surface area contributed by atoms with Gasteiger partial charge in [-0.15, -0.1) is 0 Å². The molecule has 0 amide bonds. The lowest BCUT2D eigenvalue weighted by Gasteiger charge is -1.94. The number of rotatable bonds is 3. The van der Waals surface area contributed by atoms with E-state index < -0.39 is 4.92 Å². The van der Waals surface area contributed by atoms with Crippen molar-refractivity contribution in [2.24, 2.45) is 0 Å². The largest absolute Gasteiger partial charge is 0.342 e. The third-order valence-corrected chi connectivity index (χ3v) is 2.99. The van der Waals surface area contributed by atoms with Gasteiger partial charge in [-0.2, -0.15) is 0 Å². The highest BCUT2D eigenvalue weighted by molar-refractivity contribution is 5.88. The molecule has 0 aromatic carbocycles. The Morgan fingerprint density at radius 3 is 3.06 bits per heavy atom. The zero-order chi connectivity index (χ0) is 11.8. The number of fused-ring (bicyclic) bond motifs is 1. The van der Waals surface area contributed by atoms with E-state index in [2.05, 4.69) is 9.97 Å². The maximum Gasteiger partial charge on any atom is 0.235 e. The van der Waals surface area contributed by atoms with Crippen LogP contribution in [0.2, 0.25) is 0 Å². The maximum atomic E-state index is 10.4. The van der Waals surface area contributed by atoms with E-state index in [-0.39, 0.29) is 0 Å². The second kappa shape index (κ2) is 3.69. The SMILES string of the molecule is O=[N+]([O-])/C=C/c1c(C2CC2)[nH]c2ncccc12. The van der Waals surface area contributed by atoms with Gasteiger partial charge in [-0.05, 0) is 30.9 Å². The van der Waals surface area contributed by atoms with Crippen molar-refractivity contribution in [2.45, 2.75) is 18.8 Å². The standard InChI is InChI=1S/C12H11N3O2/c16-15(17)7-5-9-10-2-1-6-13-12(10)14-11(9)8-3-4-8/h1-2,5-8H,3-4H2,(H,13,14)/b7-5+. The molecular weight excluding hydrogens is 218 g/mol. The Bertz CT molecular complexity index is 611. The Morgan fingerprint density at radius 2 is 2.35 bits per heavy atom. The predicted molar refractivity (Wildman–Crippen MR) is 64.1 cm³/mol. The lowest BCUT2D eigenvalue weighted by molar-refractivity contribution is -0.400. The highest BCUT2D eigenvalue weighted by atomic mass is 16.6. The number of aromatic nitrogens is 2. The van der Waals surface area contributed by atoms with Crippen LogP contribution in [0.15, 0.2) is 24.5 Å². The first-order chi connectivity index (χ1) is 8.25. The van der Waals surface area contributed by atoms with E-state index in [4.69, 9.17) is 0 Å². The summed E-state index contributed by atoms with van der Waals surface area (Å²) >= 11 is 0. The third kappa shape index (κ3) is 1.80. The molecule has 2 heterocycles. The van der Waals surface area contributed by atoms with Crippen molar-refractivity contribution in [3.63, 3.8) is 0 Å².